The minimum atomic E-state index is -0.502. The maximum atomic E-state index is 12.3. The van der Waals surface area contributed by atoms with Gasteiger partial charge in [0, 0.05) is 18.2 Å². The molecule has 0 aromatic heterocycles. The van der Waals surface area contributed by atoms with Crippen molar-refractivity contribution in [1.29, 1.82) is 0 Å². The summed E-state index contributed by atoms with van der Waals surface area (Å²) in [6.45, 7) is 11.7. The van der Waals surface area contributed by atoms with Crippen LogP contribution >= 0.6 is 0 Å². The van der Waals surface area contributed by atoms with Crippen molar-refractivity contribution < 1.29 is 19.1 Å². The van der Waals surface area contributed by atoms with Crippen molar-refractivity contribution in [3.8, 4) is 0 Å². The number of piperidine rings is 1. The van der Waals surface area contributed by atoms with Crippen LogP contribution in [0.2, 0.25) is 0 Å². The van der Waals surface area contributed by atoms with Gasteiger partial charge >= 0.3 is 12.1 Å². The van der Waals surface area contributed by atoms with Gasteiger partial charge in [0.1, 0.15) is 5.60 Å². The third kappa shape index (κ3) is 5.40. The Hall–Kier alpha value is -1.52. The molecule has 1 saturated heterocycles. The zero-order valence-electron chi connectivity index (χ0n) is 13.9. The van der Waals surface area contributed by atoms with Gasteiger partial charge in [-0.15, -0.1) is 0 Å². The van der Waals surface area contributed by atoms with E-state index in [1.807, 2.05) is 34.6 Å². The Morgan fingerprint density at radius 1 is 1.24 bits per heavy atom. The highest BCUT2D eigenvalue weighted by molar-refractivity contribution is 5.83. The van der Waals surface area contributed by atoms with E-state index in [4.69, 9.17) is 9.47 Å². The van der Waals surface area contributed by atoms with Crippen molar-refractivity contribution in [1.82, 2.24) is 4.90 Å². The van der Waals surface area contributed by atoms with Crippen LogP contribution in [0.25, 0.3) is 0 Å². The fourth-order valence-corrected chi connectivity index (χ4v) is 2.62. The lowest BCUT2D eigenvalue weighted by Gasteiger charge is -2.40. The van der Waals surface area contributed by atoms with Crippen LogP contribution in [0.1, 0.15) is 54.4 Å². The fraction of sp³-hybridized carbons (Fsp3) is 0.750. The number of hydrogen-bond donors (Lipinski definition) is 0. The monoisotopic (exact) mass is 297 g/mol. The zero-order valence-corrected chi connectivity index (χ0v) is 13.9. The van der Waals surface area contributed by atoms with Crippen LogP contribution in [0.15, 0.2) is 11.6 Å². The molecule has 2 atom stereocenters. The highest BCUT2D eigenvalue weighted by Crippen LogP contribution is 2.28. The minimum Gasteiger partial charge on any atom is -0.463 e. The summed E-state index contributed by atoms with van der Waals surface area (Å²) in [4.78, 5) is 25.5. The van der Waals surface area contributed by atoms with E-state index in [1.165, 1.54) is 0 Å². The summed E-state index contributed by atoms with van der Waals surface area (Å²) in [6, 6.07) is 0.00792. The summed E-state index contributed by atoms with van der Waals surface area (Å²) in [5, 5.41) is 0. The second-order valence-electron chi connectivity index (χ2n) is 6.55. The van der Waals surface area contributed by atoms with Crippen LogP contribution in [0.3, 0.4) is 0 Å². The molecule has 120 valence electrons. The lowest BCUT2D eigenvalue weighted by molar-refractivity contribution is -0.137. The summed E-state index contributed by atoms with van der Waals surface area (Å²) in [6.07, 6.45) is 2.60. The first-order valence-corrected chi connectivity index (χ1v) is 7.51. The van der Waals surface area contributed by atoms with Gasteiger partial charge in [0.25, 0.3) is 0 Å². The van der Waals surface area contributed by atoms with Gasteiger partial charge in [-0.1, -0.05) is 5.57 Å². The first-order chi connectivity index (χ1) is 9.64. The highest BCUT2D eigenvalue weighted by Gasteiger charge is 2.34. The Bertz CT molecular complexity index is 408. The van der Waals surface area contributed by atoms with E-state index < -0.39 is 5.60 Å². The Kier molecular flexibility index (Phi) is 5.81. The van der Waals surface area contributed by atoms with E-state index >= 15 is 0 Å². The molecule has 0 aromatic rings. The normalized spacial score (nSPS) is 22.8. The molecule has 1 fully saturated rings. The molecular formula is C16H27NO4. The molecular weight excluding hydrogens is 270 g/mol. The number of carbonyl (C=O) groups is 2. The maximum Gasteiger partial charge on any atom is 0.410 e. The van der Waals surface area contributed by atoms with Crippen molar-refractivity contribution in [2.24, 2.45) is 0 Å². The summed E-state index contributed by atoms with van der Waals surface area (Å²) in [7, 11) is 0. The first kappa shape index (κ1) is 17.5. The van der Waals surface area contributed by atoms with Crippen LogP contribution in [-0.2, 0) is 14.3 Å². The number of carbonyl (C=O) groups excluding carboxylic acids is 2. The molecule has 0 N–H and O–H groups in total. The van der Waals surface area contributed by atoms with E-state index in [-0.39, 0.29) is 24.1 Å². The number of esters is 1. The molecule has 21 heavy (non-hydrogen) atoms. The zero-order chi connectivity index (χ0) is 16.2. The molecule has 0 radical (unpaired) electrons. The molecule has 1 aliphatic heterocycles. The number of nitrogens with zero attached hydrogens (tertiary/aromatic N) is 1. The van der Waals surface area contributed by atoms with Crippen molar-refractivity contribution in [2.45, 2.75) is 72.1 Å². The summed E-state index contributed by atoms with van der Waals surface area (Å²) < 4.78 is 10.4. The van der Waals surface area contributed by atoms with Crippen molar-refractivity contribution in [3.63, 3.8) is 0 Å². The molecule has 0 spiro atoms. The van der Waals surface area contributed by atoms with Crippen LogP contribution in [0, 0.1) is 0 Å². The quantitative estimate of drug-likeness (QED) is 0.580. The minimum absolute atomic E-state index is 0.00396. The fourth-order valence-electron chi connectivity index (χ4n) is 2.62. The average molecular weight is 297 g/mol. The van der Waals surface area contributed by atoms with Gasteiger partial charge in [-0.2, -0.15) is 0 Å². The molecule has 0 saturated carbocycles. The van der Waals surface area contributed by atoms with Crippen LogP contribution in [-0.4, -0.2) is 41.3 Å². The van der Waals surface area contributed by atoms with E-state index in [1.54, 1.807) is 17.9 Å². The molecule has 1 aliphatic rings. The number of amides is 1. The Morgan fingerprint density at radius 2 is 1.76 bits per heavy atom. The van der Waals surface area contributed by atoms with Crippen molar-refractivity contribution in [2.75, 3.05) is 6.61 Å². The Balaban J connectivity index is 2.74. The van der Waals surface area contributed by atoms with E-state index in [0.717, 1.165) is 5.57 Å². The average Bonchev–Trinajstić information content (AvgIpc) is 2.24. The SMILES string of the molecule is CCOC(=O)C=C1CC(C)N(C(=O)OC(C)(C)C)C(C)C1. The molecule has 0 aromatic carbocycles. The van der Waals surface area contributed by atoms with E-state index in [2.05, 4.69) is 0 Å². The second kappa shape index (κ2) is 6.96. The third-order valence-corrected chi connectivity index (χ3v) is 3.28. The van der Waals surface area contributed by atoms with Gasteiger partial charge in [-0.05, 0) is 54.4 Å². The van der Waals surface area contributed by atoms with Gasteiger partial charge in [0.2, 0.25) is 0 Å². The second-order valence-corrected chi connectivity index (χ2v) is 6.55. The molecule has 5 nitrogen and oxygen atoms in total. The van der Waals surface area contributed by atoms with Gasteiger partial charge in [-0.3, -0.25) is 0 Å². The Labute approximate surface area is 127 Å². The first-order valence-electron chi connectivity index (χ1n) is 7.51. The van der Waals surface area contributed by atoms with Crippen molar-refractivity contribution >= 4 is 12.1 Å². The third-order valence-electron chi connectivity index (χ3n) is 3.28. The van der Waals surface area contributed by atoms with Crippen LogP contribution in [0.4, 0.5) is 4.79 Å². The summed E-state index contributed by atoms with van der Waals surface area (Å²) in [5.41, 5.74) is 0.519. The summed E-state index contributed by atoms with van der Waals surface area (Å²) in [5.74, 6) is -0.308. The number of rotatable bonds is 2. The number of ether oxygens (including phenoxy) is 2. The molecule has 1 rings (SSSR count). The van der Waals surface area contributed by atoms with Crippen LogP contribution in [0.5, 0.6) is 0 Å². The predicted octanol–water partition coefficient (Wildman–Crippen LogP) is 3.28. The molecule has 0 aliphatic carbocycles. The lowest BCUT2D eigenvalue weighted by Crippen LogP contribution is -2.50. The maximum absolute atomic E-state index is 12.3. The topological polar surface area (TPSA) is 55.8 Å². The van der Waals surface area contributed by atoms with Crippen molar-refractivity contribution in [3.05, 3.63) is 11.6 Å². The van der Waals surface area contributed by atoms with E-state index in [0.29, 0.717) is 19.4 Å². The van der Waals surface area contributed by atoms with Gasteiger partial charge < -0.3 is 14.4 Å². The molecule has 1 amide bonds. The number of likely N-dealkylation sites (tertiary alicyclic amines) is 1. The standard InChI is InChI=1S/C16H27NO4/c1-7-20-14(18)10-13-8-11(2)17(12(3)9-13)15(19)21-16(4,5)6/h10-12H,7-9H2,1-6H3. The smallest absolute Gasteiger partial charge is 0.410 e. The predicted molar refractivity (Wildman–Crippen MR) is 80.9 cm³/mol. The van der Waals surface area contributed by atoms with E-state index in [9.17, 15) is 9.59 Å². The number of hydrogen-bond acceptors (Lipinski definition) is 4. The molecule has 5 heteroatoms. The molecule has 1 heterocycles. The van der Waals surface area contributed by atoms with Gasteiger partial charge in [0.05, 0.1) is 6.61 Å². The van der Waals surface area contributed by atoms with Crippen LogP contribution < -0.4 is 0 Å². The molecule has 2 unspecified atom stereocenters. The lowest BCUT2D eigenvalue weighted by atomic mass is 9.92. The Morgan fingerprint density at radius 3 is 2.19 bits per heavy atom. The van der Waals surface area contributed by atoms with Gasteiger partial charge in [0.15, 0.2) is 0 Å². The van der Waals surface area contributed by atoms with Gasteiger partial charge in [-0.25, -0.2) is 9.59 Å². The summed E-state index contributed by atoms with van der Waals surface area (Å²) >= 11 is 0. The highest BCUT2D eigenvalue weighted by atomic mass is 16.6. The molecule has 0 bridgehead atoms. The largest absolute Gasteiger partial charge is 0.463 e.